The zero-order chi connectivity index (χ0) is 9.35. The van der Waals surface area contributed by atoms with Gasteiger partial charge >= 0.3 is 0 Å². The topological polar surface area (TPSA) is 25.8 Å². The third-order valence-corrected chi connectivity index (χ3v) is 1.90. The molecule has 0 amide bonds. The number of hydrogen-bond donors (Lipinski definition) is 0. The molecule has 0 saturated carbocycles. The molecule has 1 aromatic heterocycles. The lowest BCUT2D eigenvalue weighted by atomic mass is 9.95. The molecule has 0 aromatic carbocycles. The molecule has 0 radical (unpaired) electrons. The molecule has 66 valence electrons. The summed E-state index contributed by atoms with van der Waals surface area (Å²) < 4.78 is 0. The summed E-state index contributed by atoms with van der Waals surface area (Å²) in [7, 11) is 0. The number of rotatable bonds is 0. The van der Waals surface area contributed by atoms with Gasteiger partial charge in [-0.05, 0) is 19.4 Å². The third kappa shape index (κ3) is 1.81. The number of aryl methyl sites for hydroxylation is 2. The van der Waals surface area contributed by atoms with Gasteiger partial charge in [0.1, 0.15) is 5.82 Å². The highest BCUT2D eigenvalue weighted by Crippen LogP contribution is 2.18. The van der Waals surface area contributed by atoms with Crippen LogP contribution in [0.3, 0.4) is 0 Å². The van der Waals surface area contributed by atoms with Gasteiger partial charge in [-0.3, -0.25) is 0 Å². The first-order valence-electron chi connectivity index (χ1n) is 4.22. The molecule has 0 unspecified atom stereocenters. The van der Waals surface area contributed by atoms with Crippen LogP contribution in [0.5, 0.6) is 0 Å². The van der Waals surface area contributed by atoms with Gasteiger partial charge in [0.05, 0.1) is 0 Å². The summed E-state index contributed by atoms with van der Waals surface area (Å²) in [6.07, 6.45) is 1.89. The Morgan fingerprint density at radius 3 is 2.17 bits per heavy atom. The lowest BCUT2D eigenvalue weighted by molar-refractivity contribution is 0.542. The Morgan fingerprint density at radius 1 is 1.17 bits per heavy atom. The molecule has 2 heteroatoms. The molecular formula is C10H16N2. The predicted octanol–water partition coefficient (Wildman–Crippen LogP) is 2.39. The van der Waals surface area contributed by atoms with Crippen molar-refractivity contribution in [1.82, 2.24) is 9.97 Å². The molecule has 0 bridgehead atoms. The van der Waals surface area contributed by atoms with Gasteiger partial charge in [-0.25, -0.2) is 9.97 Å². The molecule has 0 spiro atoms. The lowest BCUT2D eigenvalue weighted by Crippen LogP contribution is -2.16. The van der Waals surface area contributed by atoms with Crippen molar-refractivity contribution >= 4 is 0 Å². The van der Waals surface area contributed by atoms with E-state index in [0.29, 0.717) is 0 Å². The van der Waals surface area contributed by atoms with Crippen LogP contribution in [0.4, 0.5) is 0 Å². The van der Waals surface area contributed by atoms with E-state index < -0.39 is 0 Å². The first-order valence-corrected chi connectivity index (χ1v) is 4.22. The maximum atomic E-state index is 4.43. The normalized spacial score (nSPS) is 11.8. The van der Waals surface area contributed by atoms with Crippen LogP contribution in [0.1, 0.15) is 37.9 Å². The van der Waals surface area contributed by atoms with Crippen LogP contribution in [0.25, 0.3) is 0 Å². The molecule has 0 N–H and O–H groups in total. The van der Waals surface area contributed by atoms with E-state index in [1.807, 2.05) is 20.0 Å². The van der Waals surface area contributed by atoms with E-state index >= 15 is 0 Å². The molecule has 0 aliphatic rings. The van der Waals surface area contributed by atoms with Crippen molar-refractivity contribution in [2.24, 2.45) is 0 Å². The molecule has 0 aliphatic carbocycles. The molecule has 1 rings (SSSR count). The first kappa shape index (κ1) is 9.17. The Balaban J connectivity index is 3.14. The number of aromatic nitrogens is 2. The Kier molecular flexibility index (Phi) is 2.18. The van der Waals surface area contributed by atoms with E-state index in [1.165, 1.54) is 0 Å². The second kappa shape index (κ2) is 2.85. The summed E-state index contributed by atoms with van der Waals surface area (Å²) in [4.78, 5) is 8.73. The SMILES string of the molecule is Cc1cnc(C(C)(C)C)nc1C. The second-order valence-corrected chi connectivity index (χ2v) is 4.21. The van der Waals surface area contributed by atoms with E-state index in [-0.39, 0.29) is 5.41 Å². The zero-order valence-electron chi connectivity index (χ0n) is 8.47. The summed E-state index contributed by atoms with van der Waals surface area (Å²) in [5, 5.41) is 0. The Bertz CT molecular complexity index is 284. The molecule has 0 aliphatic heterocycles. The molecule has 1 aromatic rings. The van der Waals surface area contributed by atoms with Gasteiger partial charge < -0.3 is 0 Å². The Morgan fingerprint density at radius 2 is 1.75 bits per heavy atom. The van der Waals surface area contributed by atoms with Crippen LogP contribution >= 0.6 is 0 Å². The van der Waals surface area contributed by atoms with Crippen LogP contribution in [0.2, 0.25) is 0 Å². The van der Waals surface area contributed by atoms with Crippen LogP contribution in [-0.4, -0.2) is 9.97 Å². The Hall–Kier alpha value is -0.920. The van der Waals surface area contributed by atoms with Crippen LogP contribution < -0.4 is 0 Å². The monoisotopic (exact) mass is 164 g/mol. The van der Waals surface area contributed by atoms with E-state index in [4.69, 9.17) is 0 Å². The van der Waals surface area contributed by atoms with Gasteiger partial charge in [-0.15, -0.1) is 0 Å². The van der Waals surface area contributed by atoms with E-state index in [0.717, 1.165) is 17.1 Å². The van der Waals surface area contributed by atoms with Crippen molar-refractivity contribution in [1.29, 1.82) is 0 Å². The van der Waals surface area contributed by atoms with E-state index in [9.17, 15) is 0 Å². The van der Waals surface area contributed by atoms with Crippen molar-refractivity contribution in [3.8, 4) is 0 Å². The summed E-state index contributed by atoms with van der Waals surface area (Å²) in [5.41, 5.74) is 2.29. The molecular weight excluding hydrogens is 148 g/mol. The van der Waals surface area contributed by atoms with Crippen LogP contribution in [0.15, 0.2) is 6.20 Å². The average Bonchev–Trinajstić information content (AvgIpc) is 1.92. The fourth-order valence-corrected chi connectivity index (χ4v) is 0.889. The first-order chi connectivity index (χ1) is 5.41. The zero-order valence-corrected chi connectivity index (χ0v) is 8.47. The second-order valence-electron chi connectivity index (χ2n) is 4.21. The van der Waals surface area contributed by atoms with Crippen molar-refractivity contribution in [2.45, 2.75) is 40.0 Å². The highest BCUT2D eigenvalue weighted by atomic mass is 14.9. The van der Waals surface area contributed by atoms with Gasteiger partial charge in [0, 0.05) is 17.3 Å². The number of hydrogen-bond acceptors (Lipinski definition) is 2. The molecule has 2 nitrogen and oxygen atoms in total. The minimum Gasteiger partial charge on any atom is -0.241 e. The predicted molar refractivity (Wildman–Crippen MR) is 50.2 cm³/mol. The average molecular weight is 164 g/mol. The van der Waals surface area contributed by atoms with Gasteiger partial charge in [-0.1, -0.05) is 20.8 Å². The fraction of sp³-hybridized carbons (Fsp3) is 0.600. The summed E-state index contributed by atoms with van der Waals surface area (Å²) in [6.45, 7) is 10.4. The molecule has 0 saturated heterocycles. The van der Waals surface area contributed by atoms with Crippen molar-refractivity contribution in [3.63, 3.8) is 0 Å². The minimum absolute atomic E-state index is 0.0540. The van der Waals surface area contributed by atoms with Crippen molar-refractivity contribution < 1.29 is 0 Å². The van der Waals surface area contributed by atoms with Crippen molar-refractivity contribution in [3.05, 3.63) is 23.3 Å². The maximum absolute atomic E-state index is 4.43. The lowest BCUT2D eigenvalue weighted by Gasteiger charge is -2.16. The van der Waals surface area contributed by atoms with E-state index in [2.05, 4.69) is 30.7 Å². The van der Waals surface area contributed by atoms with Gasteiger partial charge in [0.25, 0.3) is 0 Å². The van der Waals surface area contributed by atoms with Gasteiger partial charge in [0.15, 0.2) is 0 Å². The molecule has 1 heterocycles. The number of nitrogens with zero attached hydrogens (tertiary/aromatic N) is 2. The summed E-state index contributed by atoms with van der Waals surface area (Å²) in [6, 6.07) is 0. The fourth-order valence-electron chi connectivity index (χ4n) is 0.889. The molecule has 12 heavy (non-hydrogen) atoms. The maximum Gasteiger partial charge on any atom is 0.133 e. The minimum atomic E-state index is 0.0540. The Labute approximate surface area is 74.1 Å². The summed E-state index contributed by atoms with van der Waals surface area (Å²) in [5.74, 6) is 0.922. The van der Waals surface area contributed by atoms with Crippen LogP contribution in [0, 0.1) is 13.8 Å². The molecule has 0 atom stereocenters. The smallest absolute Gasteiger partial charge is 0.133 e. The highest BCUT2D eigenvalue weighted by molar-refractivity contribution is 5.16. The standard InChI is InChI=1S/C10H16N2/c1-7-6-11-9(10(3,4)5)12-8(7)2/h6H,1-5H3. The molecule has 0 fully saturated rings. The van der Waals surface area contributed by atoms with Gasteiger partial charge in [-0.2, -0.15) is 0 Å². The van der Waals surface area contributed by atoms with Gasteiger partial charge in [0.2, 0.25) is 0 Å². The summed E-state index contributed by atoms with van der Waals surface area (Å²) >= 11 is 0. The highest BCUT2D eigenvalue weighted by Gasteiger charge is 2.17. The third-order valence-electron chi connectivity index (χ3n) is 1.90. The quantitative estimate of drug-likeness (QED) is 0.588. The van der Waals surface area contributed by atoms with E-state index in [1.54, 1.807) is 0 Å². The van der Waals surface area contributed by atoms with Crippen molar-refractivity contribution in [2.75, 3.05) is 0 Å². The van der Waals surface area contributed by atoms with Crippen LogP contribution in [-0.2, 0) is 5.41 Å². The largest absolute Gasteiger partial charge is 0.241 e.